The third-order valence-corrected chi connectivity index (χ3v) is 8.17. The summed E-state index contributed by atoms with van der Waals surface area (Å²) >= 11 is 0. The molecule has 7 rings (SSSR count). The topological polar surface area (TPSA) is 119 Å². The van der Waals surface area contributed by atoms with Crippen molar-refractivity contribution in [3.05, 3.63) is 113 Å². The lowest BCUT2D eigenvalue weighted by atomic mass is 9.93. The van der Waals surface area contributed by atoms with Gasteiger partial charge in [-0.05, 0) is 47.2 Å². The van der Waals surface area contributed by atoms with Gasteiger partial charge < -0.3 is 19.0 Å². The number of carbonyl (C=O) groups is 4. The highest BCUT2D eigenvalue weighted by atomic mass is 16.7. The number of ether oxygens (including phenoxy) is 1. The van der Waals surface area contributed by atoms with Gasteiger partial charge in [-0.3, -0.25) is 9.59 Å². The summed E-state index contributed by atoms with van der Waals surface area (Å²) < 4.78 is 11.0. The number of hydroxylamine groups is 2. The van der Waals surface area contributed by atoms with Gasteiger partial charge in [-0.2, -0.15) is 0 Å². The average Bonchev–Trinajstić information content (AvgIpc) is 3.71. The molecule has 3 heterocycles. The van der Waals surface area contributed by atoms with Crippen molar-refractivity contribution in [1.29, 1.82) is 0 Å². The van der Waals surface area contributed by atoms with Gasteiger partial charge in [0.15, 0.2) is 0 Å². The highest BCUT2D eigenvalue weighted by Gasteiger charge is 2.39. The van der Waals surface area contributed by atoms with E-state index in [2.05, 4.69) is 29.4 Å². The first-order chi connectivity index (χ1) is 20.5. The molecule has 10 heteroatoms. The number of rotatable bonds is 5. The van der Waals surface area contributed by atoms with Crippen LogP contribution in [0.15, 0.2) is 83.4 Å². The second-order valence-corrected chi connectivity index (χ2v) is 10.5. The van der Waals surface area contributed by atoms with Gasteiger partial charge in [0.1, 0.15) is 6.61 Å². The van der Waals surface area contributed by atoms with Gasteiger partial charge in [0.25, 0.3) is 11.8 Å². The van der Waals surface area contributed by atoms with Crippen molar-refractivity contribution in [1.82, 2.24) is 15.1 Å². The number of aromatic nitrogens is 1. The van der Waals surface area contributed by atoms with Crippen LogP contribution in [0.1, 0.15) is 72.8 Å². The normalized spacial score (nSPS) is 16.3. The molecule has 0 radical (unpaired) electrons. The van der Waals surface area contributed by atoms with Gasteiger partial charge in [0.05, 0.1) is 16.8 Å². The van der Waals surface area contributed by atoms with Gasteiger partial charge in [-0.25, -0.2) is 9.59 Å². The van der Waals surface area contributed by atoms with Crippen LogP contribution in [0.5, 0.6) is 0 Å². The zero-order valence-corrected chi connectivity index (χ0v) is 22.4. The number of likely N-dealkylation sites (tertiary alicyclic amines) is 1. The largest absolute Gasteiger partial charge is 0.448 e. The summed E-state index contributed by atoms with van der Waals surface area (Å²) in [6.45, 7) is 1.18. The Labute approximate surface area is 240 Å². The molecule has 3 aromatic carbocycles. The number of imide groups is 1. The Morgan fingerprint density at radius 3 is 1.95 bits per heavy atom. The molecule has 0 bridgehead atoms. The summed E-state index contributed by atoms with van der Waals surface area (Å²) in [5.74, 6) is -2.71. The molecule has 4 aromatic rings. The van der Waals surface area contributed by atoms with Crippen LogP contribution >= 0.6 is 0 Å². The molecule has 0 unspecified atom stereocenters. The molecule has 1 aliphatic carbocycles. The molecule has 0 atom stereocenters. The number of hydrogen-bond donors (Lipinski definition) is 0. The Morgan fingerprint density at radius 2 is 1.36 bits per heavy atom. The number of nitrogens with zero attached hydrogens (tertiary/aromatic N) is 3. The molecule has 1 aromatic heterocycles. The van der Waals surface area contributed by atoms with Crippen LogP contribution in [0.2, 0.25) is 0 Å². The van der Waals surface area contributed by atoms with E-state index in [0.29, 0.717) is 36.7 Å². The van der Waals surface area contributed by atoms with Gasteiger partial charge in [-0.1, -0.05) is 70.9 Å². The maximum Gasteiger partial charge on any atom is 0.409 e. The number of benzene rings is 3. The van der Waals surface area contributed by atoms with Crippen LogP contribution in [-0.4, -0.2) is 58.7 Å². The van der Waals surface area contributed by atoms with Crippen LogP contribution in [0.25, 0.3) is 11.1 Å². The lowest BCUT2D eigenvalue weighted by Gasteiger charge is -2.30. The SMILES string of the molecule is O=C(ON1C(=O)c2ccccc2C1=O)c1cc(C2CCN(C(=O)OCC3c4ccccc4-c4ccccc43)CC2)no1. The van der Waals surface area contributed by atoms with Gasteiger partial charge in [-0.15, -0.1) is 0 Å². The van der Waals surface area contributed by atoms with Crippen LogP contribution < -0.4 is 0 Å². The summed E-state index contributed by atoms with van der Waals surface area (Å²) in [6.07, 6.45) is 0.841. The Bertz CT molecular complexity index is 1660. The predicted octanol–water partition coefficient (Wildman–Crippen LogP) is 5.17. The zero-order valence-electron chi connectivity index (χ0n) is 22.4. The van der Waals surface area contributed by atoms with Crippen molar-refractivity contribution in [2.24, 2.45) is 0 Å². The van der Waals surface area contributed by atoms with E-state index in [1.54, 1.807) is 17.0 Å². The smallest absolute Gasteiger partial charge is 0.409 e. The number of amides is 3. The summed E-state index contributed by atoms with van der Waals surface area (Å²) in [7, 11) is 0. The van der Waals surface area contributed by atoms with Crippen molar-refractivity contribution in [3.63, 3.8) is 0 Å². The minimum atomic E-state index is -1.00. The Balaban J connectivity index is 0.937. The van der Waals surface area contributed by atoms with Crippen LogP contribution in [0.3, 0.4) is 0 Å². The second kappa shape index (κ2) is 10.3. The maximum atomic E-state index is 13.0. The highest BCUT2D eigenvalue weighted by molar-refractivity contribution is 6.21. The fourth-order valence-electron chi connectivity index (χ4n) is 6.00. The summed E-state index contributed by atoms with van der Waals surface area (Å²) in [5, 5.41) is 4.45. The quantitative estimate of drug-likeness (QED) is 0.305. The van der Waals surface area contributed by atoms with E-state index in [4.69, 9.17) is 14.1 Å². The van der Waals surface area contributed by atoms with E-state index in [0.717, 1.165) is 11.1 Å². The number of hydrogen-bond acceptors (Lipinski definition) is 8. The number of piperidine rings is 1. The van der Waals surface area contributed by atoms with E-state index >= 15 is 0 Å². The van der Waals surface area contributed by atoms with E-state index < -0.39 is 17.8 Å². The molecule has 2 aliphatic heterocycles. The third-order valence-electron chi connectivity index (χ3n) is 8.17. The molecule has 1 fully saturated rings. The first kappa shape index (κ1) is 25.7. The van der Waals surface area contributed by atoms with Crippen molar-refractivity contribution >= 4 is 23.9 Å². The minimum Gasteiger partial charge on any atom is -0.448 e. The Kier molecular flexibility index (Phi) is 6.30. The van der Waals surface area contributed by atoms with Crippen LogP contribution in [0.4, 0.5) is 4.79 Å². The highest BCUT2D eigenvalue weighted by Crippen LogP contribution is 2.44. The van der Waals surface area contributed by atoms with Crippen LogP contribution in [0, 0.1) is 0 Å². The van der Waals surface area contributed by atoms with Crippen molar-refractivity contribution < 1.29 is 33.3 Å². The summed E-state index contributed by atoms with van der Waals surface area (Å²) in [5.41, 5.74) is 5.54. The summed E-state index contributed by atoms with van der Waals surface area (Å²) in [4.78, 5) is 57.3. The van der Waals surface area contributed by atoms with E-state index in [1.807, 2.05) is 24.3 Å². The molecule has 42 heavy (non-hydrogen) atoms. The van der Waals surface area contributed by atoms with Crippen molar-refractivity contribution in [2.45, 2.75) is 24.7 Å². The van der Waals surface area contributed by atoms with E-state index in [-0.39, 0.29) is 41.4 Å². The number of carbonyl (C=O) groups excluding carboxylic acids is 4. The predicted molar refractivity (Wildman–Crippen MR) is 147 cm³/mol. The van der Waals surface area contributed by atoms with Crippen molar-refractivity contribution in [3.8, 4) is 11.1 Å². The fraction of sp³-hybridized carbons (Fsp3) is 0.219. The fourth-order valence-corrected chi connectivity index (χ4v) is 6.00. The monoisotopic (exact) mass is 563 g/mol. The van der Waals surface area contributed by atoms with Gasteiger partial charge in [0, 0.05) is 31.0 Å². The standard InChI is InChI=1S/C32H25N3O7/c36-29-24-11-5-6-12-25(24)30(37)35(29)42-31(38)28-17-27(33-41-28)19-13-15-34(16-14-19)32(39)40-18-26-22-9-3-1-7-20(22)21-8-2-4-10-23(21)26/h1-12,17,19,26H,13-16,18H2. The lowest BCUT2D eigenvalue weighted by Crippen LogP contribution is -2.38. The molecule has 10 nitrogen and oxygen atoms in total. The molecular formula is C32H25N3O7. The van der Waals surface area contributed by atoms with E-state index in [9.17, 15) is 19.2 Å². The third kappa shape index (κ3) is 4.32. The lowest BCUT2D eigenvalue weighted by molar-refractivity contribution is -0.0607. The van der Waals surface area contributed by atoms with Crippen molar-refractivity contribution in [2.75, 3.05) is 19.7 Å². The zero-order chi connectivity index (χ0) is 28.8. The van der Waals surface area contributed by atoms with Gasteiger partial charge in [0.2, 0.25) is 5.76 Å². The molecule has 0 spiro atoms. The first-order valence-corrected chi connectivity index (χ1v) is 13.8. The second-order valence-electron chi connectivity index (χ2n) is 10.5. The molecule has 3 amide bonds. The van der Waals surface area contributed by atoms with Gasteiger partial charge >= 0.3 is 12.1 Å². The van der Waals surface area contributed by atoms with Crippen LogP contribution in [-0.2, 0) is 9.57 Å². The maximum absolute atomic E-state index is 13.0. The molecular weight excluding hydrogens is 538 g/mol. The first-order valence-electron chi connectivity index (χ1n) is 13.8. The Morgan fingerprint density at radius 1 is 0.810 bits per heavy atom. The Hall–Kier alpha value is -5.25. The molecule has 0 N–H and O–H groups in total. The minimum absolute atomic E-state index is 0.00694. The summed E-state index contributed by atoms with van der Waals surface area (Å²) in [6, 6.07) is 24.1. The molecule has 3 aliphatic rings. The van der Waals surface area contributed by atoms with E-state index in [1.165, 1.54) is 29.3 Å². The molecule has 0 saturated carbocycles. The number of fused-ring (bicyclic) bond motifs is 4. The average molecular weight is 564 g/mol. The molecule has 210 valence electrons. The molecule has 1 saturated heterocycles.